The smallest absolute Gasteiger partial charge is 0.311 e. The Kier molecular flexibility index (Phi) is 6.16. The van der Waals surface area contributed by atoms with Gasteiger partial charge in [0.25, 0.3) is 0 Å². The lowest BCUT2D eigenvalue weighted by Crippen LogP contribution is -2.07. The fourth-order valence-electron chi connectivity index (χ4n) is 4.91. The fraction of sp³-hybridized carbons (Fsp3) is 0.345. The zero-order chi connectivity index (χ0) is 25.4. The molecule has 0 saturated heterocycles. The molecule has 1 aliphatic rings. The first-order valence-corrected chi connectivity index (χ1v) is 13.0. The molecule has 0 amide bonds. The number of hydrogen-bond acceptors (Lipinski definition) is 6. The van der Waals surface area contributed by atoms with Crippen LogP contribution in [-0.4, -0.2) is 31.7 Å². The average molecular weight is 499 g/mol. The highest BCUT2D eigenvalue weighted by atomic mass is 16.7. The lowest BCUT2D eigenvalue weighted by Gasteiger charge is -2.10. The lowest BCUT2D eigenvalue weighted by atomic mass is 10.2. The second kappa shape index (κ2) is 9.76. The van der Waals surface area contributed by atoms with Gasteiger partial charge in [-0.1, -0.05) is 44.9 Å². The van der Waals surface area contributed by atoms with Gasteiger partial charge in [0.05, 0.1) is 11.0 Å². The van der Waals surface area contributed by atoms with Gasteiger partial charge in [0.1, 0.15) is 16.9 Å². The summed E-state index contributed by atoms with van der Waals surface area (Å²) in [6.07, 6.45) is 6.88. The maximum atomic E-state index is 12.7. The van der Waals surface area contributed by atoms with E-state index in [4.69, 9.17) is 24.2 Å². The van der Waals surface area contributed by atoms with E-state index >= 15 is 0 Å². The van der Waals surface area contributed by atoms with Crippen molar-refractivity contribution < 1.29 is 19.0 Å². The Morgan fingerprint density at radius 1 is 1.00 bits per heavy atom. The Morgan fingerprint density at radius 2 is 1.84 bits per heavy atom. The van der Waals surface area contributed by atoms with Crippen LogP contribution in [0.25, 0.3) is 27.7 Å². The summed E-state index contributed by atoms with van der Waals surface area (Å²) in [5.41, 5.74) is 4.45. The monoisotopic (exact) mass is 498 g/mol. The number of ether oxygens (including phenoxy) is 3. The number of rotatable bonds is 9. The zero-order valence-electron chi connectivity index (χ0n) is 21.2. The molecule has 190 valence electrons. The summed E-state index contributed by atoms with van der Waals surface area (Å²) in [6, 6.07) is 14.0. The second-order valence-corrected chi connectivity index (χ2v) is 9.48. The van der Waals surface area contributed by atoms with E-state index in [1.807, 2.05) is 47.2 Å². The van der Waals surface area contributed by atoms with E-state index in [-0.39, 0.29) is 12.8 Å². The first-order chi connectivity index (χ1) is 18.2. The van der Waals surface area contributed by atoms with Crippen molar-refractivity contribution in [3.05, 3.63) is 60.0 Å². The molecule has 0 atom stereocenters. The molecule has 0 saturated carbocycles. The highest BCUT2D eigenvalue weighted by Crippen LogP contribution is 2.36. The van der Waals surface area contributed by atoms with E-state index in [2.05, 4.69) is 24.3 Å². The Morgan fingerprint density at radius 3 is 2.70 bits per heavy atom. The molecule has 0 N–H and O–H groups in total. The summed E-state index contributed by atoms with van der Waals surface area (Å²) in [5.74, 6) is 2.68. The SMILES string of the molecule is CCCCC(=O)Oc1cn(Cc2ccc3c(c2)OCO3)c2nc(CCCC)n3c4ccccc4nc3c12. The second-order valence-electron chi connectivity index (χ2n) is 9.48. The molecular weight excluding hydrogens is 468 g/mol. The predicted octanol–water partition coefficient (Wildman–Crippen LogP) is 6.05. The highest BCUT2D eigenvalue weighted by molar-refractivity contribution is 6.01. The van der Waals surface area contributed by atoms with Crippen molar-refractivity contribution in [2.24, 2.45) is 0 Å². The molecule has 5 aromatic rings. The Hall–Kier alpha value is -4.07. The normalized spacial score (nSPS) is 12.7. The Balaban J connectivity index is 1.54. The van der Waals surface area contributed by atoms with Crippen LogP contribution >= 0.6 is 0 Å². The van der Waals surface area contributed by atoms with Crippen LogP contribution in [0.15, 0.2) is 48.7 Å². The van der Waals surface area contributed by atoms with Crippen LogP contribution in [0.2, 0.25) is 0 Å². The number of carbonyl (C=O) groups is 1. The molecule has 3 aromatic heterocycles. The van der Waals surface area contributed by atoms with Gasteiger partial charge in [-0.2, -0.15) is 0 Å². The number of nitrogens with zero attached hydrogens (tertiary/aromatic N) is 4. The number of aromatic nitrogens is 4. The molecule has 0 fully saturated rings. The number of para-hydroxylation sites is 2. The molecule has 4 heterocycles. The minimum atomic E-state index is -0.242. The third-order valence-corrected chi connectivity index (χ3v) is 6.79. The number of carbonyl (C=O) groups excluding carboxylic acids is 1. The van der Waals surface area contributed by atoms with Crippen LogP contribution in [0.5, 0.6) is 17.2 Å². The molecular formula is C29H30N4O4. The van der Waals surface area contributed by atoms with E-state index < -0.39 is 0 Å². The minimum absolute atomic E-state index is 0.233. The molecule has 0 bridgehead atoms. The van der Waals surface area contributed by atoms with E-state index in [1.165, 1.54) is 0 Å². The third kappa shape index (κ3) is 4.26. The van der Waals surface area contributed by atoms with Crippen LogP contribution < -0.4 is 14.2 Å². The molecule has 37 heavy (non-hydrogen) atoms. The van der Waals surface area contributed by atoms with Gasteiger partial charge < -0.3 is 18.8 Å². The standard InChI is InChI=1S/C29H30N4O4/c1-3-5-11-25-31-28-27(29-30-20-9-7-8-10-21(20)33(25)29)24(37-26(34)12-6-4-2)17-32(28)16-19-13-14-22-23(15-19)36-18-35-22/h7-10,13-15,17H,3-6,11-12,16,18H2,1-2H3. The molecule has 2 aromatic carbocycles. The largest absolute Gasteiger partial charge is 0.454 e. The molecule has 0 aliphatic carbocycles. The molecule has 1 aliphatic heterocycles. The van der Waals surface area contributed by atoms with Crippen LogP contribution in [0, 0.1) is 0 Å². The van der Waals surface area contributed by atoms with Crippen molar-refractivity contribution in [1.82, 2.24) is 18.9 Å². The summed E-state index contributed by atoms with van der Waals surface area (Å²) in [5, 5.41) is 0.752. The number of hydrogen-bond donors (Lipinski definition) is 0. The van der Waals surface area contributed by atoms with Gasteiger partial charge in [-0.05, 0) is 42.7 Å². The average Bonchev–Trinajstić information content (AvgIpc) is 3.61. The lowest BCUT2D eigenvalue weighted by molar-refractivity contribution is -0.134. The minimum Gasteiger partial charge on any atom is -0.454 e. The van der Waals surface area contributed by atoms with Crippen molar-refractivity contribution in [2.75, 3.05) is 6.79 Å². The van der Waals surface area contributed by atoms with E-state index in [0.29, 0.717) is 18.7 Å². The van der Waals surface area contributed by atoms with Gasteiger partial charge in [-0.3, -0.25) is 9.20 Å². The number of imidazole rings is 1. The summed E-state index contributed by atoms with van der Waals surface area (Å²) in [4.78, 5) is 22.9. The summed E-state index contributed by atoms with van der Waals surface area (Å²) in [7, 11) is 0. The van der Waals surface area contributed by atoms with E-state index in [1.54, 1.807) is 0 Å². The van der Waals surface area contributed by atoms with Gasteiger partial charge in [-0.15, -0.1) is 0 Å². The number of fused-ring (bicyclic) bond motifs is 6. The van der Waals surface area contributed by atoms with Crippen LogP contribution in [-0.2, 0) is 17.8 Å². The molecule has 0 spiro atoms. The van der Waals surface area contributed by atoms with Crippen molar-refractivity contribution >= 4 is 33.7 Å². The summed E-state index contributed by atoms with van der Waals surface area (Å²) >= 11 is 0. The third-order valence-electron chi connectivity index (χ3n) is 6.79. The van der Waals surface area contributed by atoms with Crippen molar-refractivity contribution in [3.63, 3.8) is 0 Å². The van der Waals surface area contributed by atoms with Crippen LogP contribution in [0.3, 0.4) is 0 Å². The van der Waals surface area contributed by atoms with Gasteiger partial charge >= 0.3 is 5.97 Å². The first kappa shape index (κ1) is 23.3. The van der Waals surface area contributed by atoms with E-state index in [9.17, 15) is 4.79 Å². The quantitative estimate of drug-likeness (QED) is 0.230. The van der Waals surface area contributed by atoms with Gasteiger partial charge in [-0.25, -0.2) is 9.97 Å². The molecule has 0 unspecified atom stereocenters. The van der Waals surface area contributed by atoms with Crippen LogP contribution in [0.1, 0.15) is 57.3 Å². The Labute approximate surface area is 214 Å². The van der Waals surface area contributed by atoms with Gasteiger partial charge in [0, 0.05) is 25.6 Å². The number of aryl methyl sites for hydroxylation is 1. The summed E-state index contributed by atoms with van der Waals surface area (Å²) in [6.45, 7) is 5.01. The molecule has 0 radical (unpaired) electrons. The topological polar surface area (TPSA) is 79.9 Å². The number of unbranched alkanes of at least 4 members (excludes halogenated alkanes) is 2. The van der Waals surface area contributed by atoms with Crippen molar-refractivity contribution in [2.45, 2.75) is 58.9 Å². The molecule has 8 heteroatoms. The van der Waals surface area contributed by atoms with E-state index in [0.717, 1.165) is 82.7 Å². The first-order valence-electron chi connectivity index (χ1n) is 13.0. The fourth-order valence-corrected chi connectivity index (χ4v) is 4.91. The number of benzene rings is 2. The van der Waals surface area contributed by atoms with Crippen molar-refractivity contribution in [1.29, 1.82) is 0 Å². The zero-order valence-corrected chi connectivity index (χ0v) is 21.2. The number of esters is 1. The van der Waals surface area contributed by atoms with Crippen LogP contribution in [0.4, 0.5) is 0 Å². The predicted molar refractivity (Wildman–Crippen MR) is 141 cm³/mol. The maximum Gasteiger partial charge on any atom is 0.311 e. The van der Waals surface area contributed by atoms with Gasteiger partial charge in [0.15, 0.2) is 22.9 Å². The Bertz CT molecular complexity index is 1620. The van der Waals surface area contributed by atoms with Crippen molar-refractivity contribution in [3.8, 4) is 17.2 Å². The van der Waals surface area contributed by atoms with Gasteiger partial charge in [0.2, 0.25) is 6.79 Å². The molecule has 8 nitrogen and oxygen atoms in total. The highest BCUT2D eigenvalue weighted by Gasteiger charge is 2.23. The maximum absolute atomic E-state index is 12.7. The summed E-state index contributed by atoms with van der Waals surface area (Å²) < 4.78 is 21.2. The molecule has 6 rings (SSSR count).